The number of nitrogen functional groups attached to an aromatic ring is 1. The van der Waals surface area contributed by atoms with Crippen LogP contribution in [0.15, 0.2) is 18.2 Å². The molecule has 2 N–H and O–H groups in total. The van der Waals surface area contributed by atoms with Crippen molar-refractivity contribution in [3.8, 4) is 12.1 Å². The number of benzene rings is 1. The van der Waals surface area contributed by atoms with E-state index < -0.39 is 0 Å². The van der Waals surface area contributed by atoms with Crippen LogP contribution in [0.3, 0.4) is 0 Å². The molecule has 0 aliphatic carbocycles. The van der Waals surface area contributed by atoms with E-state index in [1.807, 2.05) is 31.0 Å². The van der Waals surface area contributed by atoms with Gasteiger partial charge in [0.25, 0.3) is 0 Å². The van der Waals surface area contributed by atoms with E-state index in [-0.39, 0.29) is 5.92 Å². The van der Waals surface area contributed by atoms with Crippen LogP contribution in [0.1, 0.15) is 12.5 Å². The summed E-state index contributed by atoms with van der Waals surface area (Å²) in [6.45, 7) is 2.44. The summed E-state index contributed by atoms with van der Waals surface area (Å²) in [7, 11) is 1.86. The summed E-state index contributed by atoms with van der Waals surface area (Å²) in [5.41, 5.74) is 7.59. The van der Waals surface area contributed by atoms with Crippen molar-refractivity contribution in [2.24, 2.45) is 5.92 Å². The van der Waals surface area contributed by atoms with Gasteiger partial charge in [0.2, 0.25) is 0 Å². The zero-order valence-electron chi connectivity index (χ0n) is 9.44. The maximum atomic E-state index is 8.85. The van der Waals surface area contributed by atoms with Crippen LogP contribution in [-0.4, -0.2) is 13.6 Å². The van der Waals surface area contributed by atoms with Gasteiger partial charge < -0.3 is 10.6 Å². The average Bonchev–Trinajstić information content (AvgIpc) is 2.29. The van der Waals surface area contributed by atoms with Crippen LogP contribution in [0, 0.1) is 28.6 Å². The first-order chi connectivity index (χ1) is 7.60. The number of hydrogen-bond donors (Lipinski definition) is 1. The molecule has 4 heteroatoms. The van der Waals surface area contributed by atoms with Crippen molar-refractivity contribution in [3.05, 3.63) is 23.8 Å². The van der Waals surface area contributed by atoms with Crippen LogP contribution in [0.25, 0.3) is 0 Å². The molecule has 1 aromatic rings. The Morgan fingerprint density at radius 2 is 2.12 bits per heavy atom. The lowest BCUT2D eigenvalue weighted by molar-refractivity contribution is 0.717. The molecular formula is C12H14N4. The van der Waals surface area contributed by atoms with Crippen LogP contribution in [0.4, 0.5) is 11.4 Å². The molecule has 0 aliphatic heterocycles. The zero-order valence-corrected chi connectivity index (χ0v) is 9.44. The number of nitrogens with two attached hydrogens (primary N) is 1. The van der Waals surface area contributed by atoms with Crippen molar-refractivity contribution in [3.63, 3.8) is 0 Å². The number of rotatable bonds is 3. The van der Waals surface area contributed by atoms with Crippen LogP contribution in [-0.2, 0) is 0 Å². The maximum Gasteiger partial charge on any atom is 0.101 e. The van der Waals surface area contributed by atoms with E-state index in [1.54, 1.807) is 12.1 Å². The second-order valence-electron chi connectivity index (χ2n) is 3.76. The van der Waals surface area contributed by atoms with Crippen LogP contribution in [0.2, 0.25) is 0 Å². The summed E-state index contributed by atoms with van der Waals surface area (Å²) in [5, 5.41) is 17.6. The highest BCUT2D eigenvalue weighted by Crippen LogP contribution is 2.25. The maximum absolute atomic E-state index is 8.85. The topological polar surface area (TPSA) is 76.8 Å². The fourth-order valence-electron chi connectivity index (χ4n) is 1.53. The van der Waals surface area contributed by atoms with E-state index in [1.165, 1.54) is 0 Å². The summed E-state index contributed by atoms with van der Waals surface area (Å²) < 4.78 is 0. The monoisotopic (exact) mass is 214 g/mol. The summed E-state index contributed by atoms with van der Waals surface area (Å²) in [5.74, 6) is -0.0739. The van der Waals surface area contributed by atoms with Gasteiger partial charge in [-0.1, -0.05) is 6.07 Å². The number of anilines is 2. The van der Waals surface area contributed by atoms with Crippen molar-refractivity contribution in [1.29, 1.82) is 10.5 Å². The van der Waals surface area contributed by atoms with E-state index >= 15 is 0 Å². The predicted molar refractivity (Wildman–Crippen MR) is 63.6 cm³/mol. The van der Waals surface area contributed by atoms with Gasteiger partial charge in [0.15, 0.2) is 0 Å². The van der Waals surface area contributed by atoms with E-state index in [9.17, 15) is 0 Å². The quantitative estimate of drug-likeness (QED) is 0.777. The molecule has 4 nitrogen and oxygen atoms in total. The molecule has 0 saturated carbocycles. The molecule has 0 radical (unpaired) electrons. The van der Waals surface area contributed by atoms with Crippen molar-refractivity contribution in [1.82, 2.24) is 0 Å². The number of hydrogen-bond acceptors (Lipinski definition) is 4. The zero-order chi connectivity index (χ0) is 12.1. The lowest BCUT2D eigenvalue weighted by Crippen LogP contribution is -2.24. The molecule has 1 rings (SSSR count). The Morgan fingerprint density at radius 3 is 2.69 bits per heavy atom. The Kier molecular flexibility index (Phi) is 3.74. The predicted octanol–water partition coefficient (Wildman–Crippen LogP) is 1.74. The van der Waals surface area contributed by atoms with Crippen LogP contribution >= 0.6 is 0 Å². The standard InChI is InChI=1S/C12H14N4/c1-9(6-13)8-16(2)11-5-3-4-10(7-14)12(11)15/h3-5,9H,8,15H2,1-2H3. The summed E-state index contributed by atoms with van der Waals surface area (Å²) in [6, 6.07) is 9.53. The molecule has 0 amide bonds. The second kappa shape index (κ2) is 5.04. The molecule has 0 saturated heterocycles. The summed E-state index contributed by atoms with van der Waals surface area (Å²) in [4.78, 5) is 1.89. The molecule has 16 heavy (non-hydrogen) atoms. The third kappa shape index (κ3) is 2.43. The van der Waals surface area contributed by atoms with Crippen molar-refractivity contribution < 1.29 is 0 Å². The second-order valence-corrected chi connectivity index (χ2v) is 3.76. The summed E-state index contributed by atoms with van der Waals surface area (Å²) in [6.07, 6.45) is 0. The van der Waals surface area contributed by atoms with E-state index in [4.69, 9.17) is 16.3 Å². The van der Waals surface area contributed by atoms with Gasteiger partial charge in [0, 0.05) is 13.6 Å². The largest absolute Gasteiger partial charge is 0.396 e. The lowest BCUT2D eigenvalue weighted by atomic mass is 10.1. The highest BCUT2D eigenvalue weighted by molar-refractivity contribution is 5.73. The average molecular weight is 214 g/mol. The van der Waals surface area contributed by atoms with Crippen LogP contribution in [0.5, 0.6) is 0 Å². The minimum atomic E-state index is -0.0739. The van der Waals surface area contributed by atoms with Gasteiger partial charge >= 0.3 is 0 Å². The number of nitriles is 2. The van der Waals surface area contributed by atoms with Gasteiger partial charge in [0.1, 0.15) is 6.07 Å². The third-order valence-corrected chi connectivity index (χ3v) is 2.38. The SMILES string of the molecule is CC(C#N)CN(C)c1cccc(C#N)c1N. The molecule has 0 heterocycles. The molecule has 1 aromatic carbocycles. The van der Waals surface area contributed by atoms with Gasteiger partial charge in [0.05, 0.1) is 28.9 Å². The number of para-hydroxylation sites is 1. The molecule has 0 fully saturated rings. The van der Waals surface area contributed by atoms with Crippen LogP contribution < -0.4 is 10.6 Å². The smallest absolute Gasteiger partial charge is 0.101 e. The minimum Gasteiger partial charge on any atom is -0.396 e. The van der Waals surface area contributed by atoms with Gasteiger partial charge in [-0.3, -0.25) is 0 Å². The highest BCUT2D eigenvalue weighted by Gasteiger charge is 2.11. The molecule has 0 bridgehead atoms. The Balaban J connectivity index is 2.97. The molecule has 1 unspecified atom stereocenters. The van der Waals surface area contributed by atoms with E-state index in [2.05, 4.69) is 6.07 Å². The van der Waals surface area contributed by atoms with Gasteiger partial charge in [-0.25, -0.2) is 0 Å². The third-order valence-electron chi connectivity index (χ3n) is 2.38. The summed E-state index contributed by atoms with van der Waals surface area (Å²) >= 11 is 0. The molecule has 0 aromatic heterocycles. The molecule has 0 spiro atoms. The molecular weight excluding hydrogens is 200 g/mol. The van der Waals surface area contributed by atoms with Gasteiger partial charge in [-0.05, 0) is 19.1 Å². The normalized spacial score (nSPS) is 11.2. The molecule has 82 valence electrons. The van der Waals surface area contributed by atoms with Crippen molar-refractivity contribution >= 4 is 11.4 Å². The van der Waals surface area contributed by atoms with E-state index in [0.29, 0.717) is 17.8 Å². The van der Waals surface area contributed by atoms with Crippen molar-refractivity contribution in [2.75, 3.05) is 24.2 Å². The Bertz CT molecular complexity index is 453. The molecule has 0 aliphatic rings. The first-order valence-electron chi connectivity index (χ1n) is 4.99. The van der Waals surface area contributed by atoms with Crippen molar-refractivity contribution in [2.45, 2.75) is 6.92 Å². The Hall–Kier alpha value is -2.20. The Labute approximate surface area is 95.5 Å². The molecule has 1 atom stereocenters. The first-order valence-corrected chi connectivity index (χ1v) is 4.99. The Morgan fingerprint density at radius 1 is 1.44 bits per heavy atom. The minimum absolute atomic E-state index is 0.0739. The fraction of sp³-hybridized carbons (Fsp3) is 0.333. The highest BCUT2D eigenvalue weighted by atomic mass is 15.1. The lowest BCUT2D eigenvalue weighted by Gasteiger charge is -2.22. The van der Waals surface area contributed by atoms with E-state index in [0.717, 1.165) is 5.69 Å². The first kappa shape index (κ1) is 11.9. The van der Waals surface area contributed by atoms with Gasteiger partial charge in [-0.15, -0.1) is 0 Å². The fourth-order valence-corrected chi connectivity index (χ4v) is 1.53. The van der Waals surface area contributed by atoms with Gasteiger partial charge in [-0.2, -0.15) is 10.5 Å². The number of nitrogens with zero attached hydrogens (tertiary/aromatic N) is 3.